The average Bonchev–Trinajstić information content (AvgIpc) is 2.70. The number of fused-ring (bicyclic) bond motifs is 1. The Kier molecular flexibility index (Phi) is 3.85. The Morgan fingerprint density at radius 3 is 2.58 bits per heavy atom. The lowest BCUT2D eigenvalue weighted by Crippen LogP contribution is -2.35. The van der Waals surface area contributed by atoms with Gasteiger partial charge >= 0.3 is 0 Å². The maximum atomic E-state index is 12.3. The van der Waals surface area contributed by atoms with E-state index >= 15 is 0 Å². The number of amides is 1. The first-order chi connectivity index (χ1) is 9.34. The number of hydrogen-bond acceptors (Lipinski definition) is 3. The molecule has 0 aromatic carbocycles. The van der Waals surface area contributed by atoms with Crippen LogP contribution in [0.5, 0.6) is 0 Å². The van der Waals surface area contributed by atoms with Crippen LogP contribution in [-0.4, -0.2) is 17.1 Å². The van der Waals surface area contributed by atoms with E-state index in [9.17, 15) is 4.79 Å². The van der Waals surface area contributed by atoms with Gasteiger partial charge in [0.15, 0.2) is 5.69 Å². The van der Waals surface area contributed by atoms with E-state index in [-0.39, 0.29) is 5.91 Å². The Bertz CT molecular complexity index is 445. The molecule has 3 rings (SSSR count). The van der Waals surface area contributed by atoms with Crippen molar-refractivity contribution < 1.29 is 9.32 Å². The highest BCUT2D eigenvalue weighted by Gasteiger charge is 2.25. The van der Waals surface area contributed by atoms with Crippen molar-refractivity contribution in [1.29, 1.82) is 0 Å². The number of hydrogen-bond donors (Lipinski definition) is 1. The SMILES string of the molecule is O=C(NC1CCCCCC1)c1noc2c1CCCC2. The topological polar surface area (TPSA) is 55.1 Å². The Labute approximate surface area is 113 Å². The van der Waals surface area contributed by atoms with Crippen LogP contribution in [0.3, 0.4) is 0 Å². The molecule has 1 heterocycles. The van der Waals surface area contributed by atoms with Crippen molar-refractivity contribution in [1.82, 2.24) is 10.5 Å². The van der Waals surface area contributed by atoms with Crippen LogP contribution in [0.2, 0.25) is 0 Å². The van der Waals surface area contributed by atoms with Gasteiger partial charge in [0.2, 0.25) is 0 Å². The molecule has 19 heavy (non-hydrogen) atoms. The molecule has 1 saturated carbocycles. The van der Waals surface area contributed by atoms with Gasteiger partial charge in [-0.05, 0) is 32.1 Å². The molecular weight excluding hydrogens is 240 g/mol. The third-order valence-electron chi connectivity index (χ3n) is 4.36. The van der Waals surface area contributed by atoms with Crippen LogP contribution in [0.15, 0.2) is 4.52 Å². The van der Waals surface area contributed by atoms with Gasteiger partial charge in [-0.3, -0.25) is 4.79 Å². The second kappa shape index (κ2) is 5.76. The van der Waals surface area contributed by atoms with Gasteiger partial charge in [-0.1, -0.05) is 30.8 Å². The Balaban J connectivity index is 1.68. The molecule has 0 atom stereocenters. The highest BCUT2D eigenvalue weighted by atomic mass is 16.5. The summed E-state index contributed by atoms with van der Waals surface area (Å²) >= 11 is 0. The summed E-state index contributed by atoms with van der Waals surface area (Å²) in [6.07, 6.45) is 11.4. The lowest BCUT2D eigenvalue weighted by Gasteiger charge is -2.16. The van der Waals surface area contributed by atoms with Gasteiger partial charge in [0.05, 0.1) is 0 Å². The lowest BCUT2D eigenvalue weighted by atomic mass is 9.96. The predicted octanol–water partition coefficient (Wildman–Crippen LogP) is 3.01. The Morgan fingerprint density at radius 2 is 1.79 bits per heavy atom. The number of carbonyl (C=O) groups is 1. The van der Waals surface area contributed by atoms with E-state index in [1.54, 1.807) is 0 Å². The van der Waals surface area contributed by atoms with Crippen molar-refractivity contribution in [3.8, 4) is 0 Å². The fourth-order valence-electron chi connectivity index (χ4n) is 3.24. The summed E-state index contributed by atoms with van der Waals surface area (Å²) in [5.41, 5.74) is 1.59. The molecular formula is C15H22N2O2. The van der Waals surface area contributed by atoms with Gasteiger partial charge in [-0.2, -0.15) is 0 Å². The summed E-state index contributed by atoms with van der Waals surface area (Å²) in [6.45, 7) is 0. The van der Waals surface area contributed by atoms with Gasteiger partial charge in [-0.15, -0.1) is 0 Å². The molecule has 2 aliphatic carbocycles. The third kappa shape index (κ3) is 2.82. The fourth-order valence-corrected chi connectivity index (χ4v) is 3.24. The number of rotatable bonds is 2. The van der Waals surface area contributed by atoms with Crippen LogP contribution >= 0.6 is 0 Å². The predicted molar refractivity (Wildman–Crippen MR) is 72.1 cm³/mol. The molecule has 0 bridgehead atoms. The van der Waals surface area contributed by atoms with Gasteiger partial charge in [-0.25, -0.2) is 0 Å². The molecule has 1 N–H and O–H groups in total. The van der Waals surface area contributed by atoms with Crippen molar-refractivity contribution in [3.05, 3.63) is 17.0 Å². The minimum absolute atomic E-state index is 0.0289. The minimum Gasteiger partial charge on any atom is -0.360 e. The first kappa shape index (κ1) is 12.7. The zero-order valence-corrected chi connectivity index (χ0v) is 11.4. The normalized spacial score (nSPS) is 20.6. The molecule has 0 aliphatic heterocycles. The summed E-state index contributed by atoms with van der Waals surface area (Å²) in [6, 6.07) is 0.325. The minimum atomic E-state index is -0.0289. The van der Waals surface area contributed by atoms with Crippen LogP contribution in [0.1, 0.15) is 73.2 Å². The Hall–Kier alpha value is -1.32. The molecule has 104 valence electrons. The second-order valence-corrected chi connectivity index (χ2v) is 5.80. The van der Waals surface area contributed by atoms with E-state index in [1.165, 1.54) is 25.7 Å². The fraction of sp³-hybridized carbons (Fsp3) is 0.733. The van der Waals surface area contributed by atoms with Crippen molar-refractivity contribution in [3.63, 3.8) is 0 Å². The molecule has 0 saturated heterocycles. The maximum Gasteiger partial charge on any atom is 0.273 e. The van der Waals surface area contributed by atoms with E-state index in [2.05, 4.69) is 10.5 Å². The van der Waals surface area contributed by atoms with Crippen molar-refractivity contribution in [2.24, 2.45) is 0 Å². The van der Waals surface area contributed by atoms with Crippen molar-refractivity contribution in [2.45, 2.75) is 70.3 Å². The summed E-state index contributed by atoms with van der Waals surface area (Å²) in [7, 11) is 0. The van der Waals surface area contributed by atoms with E-state index in [0.29, 0.717) is 11.7 Å². The van der Waals surface area contributed by atoms with Crippen LogP contribution < -0.4 is 5.32 Å². The lowest BCUT2D eigenvalue weighted by molar-refractivity contribution is 0.0923. The van der Waals surface area contributed by atoms with Crippen LogP contribution in [0, 0.1) is 0 Å². The largest absolute Gasteiger partial charge is 0.360 e. The van der Waals surface area contributed by atoms with E-state index in [0.717, 1.165) is 49.8 Å². The summed E-state index contributed by atoms with van der Waals surface area (Å²) < 4.78 is 5.31. The molecule has 1 amide bonds. The van der Waals surface area contributed by atoms with E-state index in [1.807, 2.05) is 0 Å². The van der Waals surface area contributed by atoms with Crippen molar-refractivity contribution >= 4 is 5.91 Å². The number of aryl methyl sites for hydroxylation is 1. The number of carbonyl (C=O) groups excluding carboxylic acids is 1. The molecule has 4 heteroatoms. The summed E-state index contributed by atoms with van der Waals surface area (Å²) in [5.74, 6) is 0.899. The first-order valence-corrected chi connectivity index (χ1v) is 7.63. The van der Waals surface area contributed by atoms with Gasteiger partial charge in [0.25, 0.3) is 5.91 Å². The number of aromatic nitrogens is 1. The smallest absolute Gasteiger partial charge is 0.273 e. The average molecular weight is 262 g/mol. The highest BCUT2D eigenvalue weighted by molar-refractivity contribution is 5.94. The molecule has 0 radical (unpaired) electrons. The maximum absolute atomic E-state index is 12.3. The van der Waals surface area contributed by atoms with Gasteiger partial charge in [0.1, 0.15) is 5.76 Å². The van der Waals surface area contributed by atoms with E-state index in [4.69, 9.17) is 4.52 Å². The molecule has 2 aliphatic rings. The van der Waals surface area contributed by atoms with Crippen molar-refractivity contribution in [2.75, 3.05) is 0 Å². The van der Waals surface area contributed by atoms with Crippen LogP contribution in [0.4, 0.5) is 0 Å². The van der Waals surface area contributed by atoms with E-state index < -0.39 is 0 Å². The first-order valence-electron chi connectivity index (χ1n) is 7.63. The molecule has 0 spiro atoms. The molecule has 1 aromatic heterocycles. The highest BCUT2D eigenvalue weighted by Crippen LogP contribution is 2.24. The Morgan fingerprint density at radius 1 is 1.05 bits per heavy atom. The zero-order valence-electron chi connectivity index (χ0n) is 11.4. The molecule has 1 fully saturated rings. The molecule has 4 nitrogen and oxygen atoms in total. The summed E-state index contributed by atoms with van der Waals surface area (Å²) in [5, 5.41) is 7.15. The monoisotopic (exact) mass is 262 g/mol. The molecule has 0 unspecified atom stereocenters. The number of nitrogens with one attached hydrogen (secondary N) is 1. The third-order valence-corrected chi connectivity index (χ3v) is 4.36. The summed E-state index contributed by atoms with van der Waals surface area (Å²) in [4.78, 5) is 12.3. The van der Waals surface area contributed by atoms with Crippen LogP contribution in [0.25, 0.3) is 0 Å². The number of nitrogens with zero attached hydrogens (tertiary/aromatic N) is 1. The quantitative estimate of drug-likeness (QED) is 0.833. The zero-order chi connectivity index (χ0) is 13.1. The second-order valence-electron chi connectivity index (χ2n) is 5.80. The van der Waals surface area contributed by atoms with Gasteiger partial charge < -0.3 is 9.84 Å². The standard InChI is InChI=1S/C15H22N2O2/c18-15(16-11-7-3-1-2-4-8-11)14-12-9-5-6-10-13(12)19-17-14/h11H,1-10H2,(H,16,18). The van der Waals surface area contributed by atoms with Crippen LogP contribution in [-0.2, 0) is 12.8 Å². The van der Waals surface area contributed by atoms with Gasteiger partial charge in [0, 0.05) is 18.0 Å². The molecule has 1 aromatic rings.